The summed E-state index contributed by atoms with van der Waals surface area (Å²) in [6, 6.07) is 13.1. The van der Waals surface area contributed by atoms with Crippen LogP contribution in [0.4, 0.5) is 5.69 Å². The van der Waals surface area contributed by atoms with Gasteiger partial charge in [0.2, 0.25) is 0 Å². The van der Waals surface area contributed by atoms with Crippen molar-refractivity contribution in [2.75, 3.05) is 0 Å². The third-order valence-corrected chi connectivity index (χ3v) is 1.94. The first-order chi connectivity index (χ1) is 7.38. The predicted octanol–water partition coefficient (Wildman–Crippen LogP) is 2.52. The van der Waals surface area contributed by atoms with E-state index in [2.05, 4.69) is 4.99 Å². The highest BCUT2D eigenvalue weighted by Gasteiger charge is 1.96. The quantitative estimate of drug-likeness (QED) is 0.775. The summed E-state index contributed by atoms with van der Waals surface area (Å²) in [5, 5.41) is 8.80. The van der Waals surface area contributed by atoms with E-state index in [9.17, 15) is 0 Å². The lowest BCUT2D eigenvalue weighted by Crippen LogP contribution is -1.76. The van der Waals surface area contributed by atoms with Gasteiger partial charge in [-0.25, -0.2) is 0 Å². The van der Waals surface area contributed by atoms with E-state index in [1.807, 2.05) is 30.3 Å². The van der Waals surface area contributed by atoms with Gasteiger partial charge in [-0.05, 0) is 24.3 Å². The normalized spacial score (nSPS) is 11.0. The Morgan fingerprint density at radius 3 is 2.60 bits per heavy atom. The minimum atomic E-state index is -0.0841. The summed E-state index contributed by atoms with van der Waals surface area (Å²) < 4.78 is 5.26. The molecular formula is C12H11NO2. The molecule has 1 heterocycles. The van der Waals surface area contributed by atoms with Crippen molar-refractivity contribution in [1.82, 2.24) is 0 Å². The Hall–Kier alpha value is -1.87. The Morgan fingerprint density at radius 2 is 1.93 bits per heavy atom. The molecule has 1 N–H and O–H groups in total. The van der Waals surface area contributed by atoms with Crippen LogP contribution in [-0.2, 0) is 6.61 Å². The minimum absolute atomic E-state index is 0.0841. The van der Waals surface area contributed by atoms with E-state index in [0.717, 1.165) is 5.69 Å². The predicted molar refractivity (Wildman–Crippen MR) is 58.3 cm³/mol. The fraction of sp³-hybridized carbons (Fsp3) is 0.0833. The number of hydrogen-bond acceptors (Lipinski definition) is 3. The second-order valence-electron chi connectivity index (χ2n) is 3.06. The molecule has 0 bridgehead atoms. The molecule has 0 fully saturated rings. The SMILES string of the molecule is OCc1ccc(C=Nc2ccccc2)o1. The van der Waals surface area contributed by atoms with Gasteiger partial charge in [-0.2, -0.15) is 0 Å². The Morgan fingerprint density at radius 1 is 1.13 bits per heavy atom. The monoisotopic (exact) mass is 201 g/mol. The van der Waals surface area contributed by atoms with Crippen molar-refractivity contribution in [3.8, 4) is 0 Å². The Balaban J connectivity index is 2.11. The standard InChI is InChI=1S/C12H11NO2/c14-9-12-7-6-11(15-12)8-13-10-4-2-1-3-5-10/h1-8,14H,9H2. The lowest BCUT2D eigenvalue weighted by atomic mass is 10.3. The third kappa shape index (κ3) is 2.54. The molecule has 0 saturated heterocycles. The van der Waals surface area contributed by atoms with E-state index >= 15 is 0 Å². The number of rotatable bonds is 3. The zero-order chi connectivity index (χ0) is 10.5. The molecule has 3 nitrogen and oxygen atoms in total. The van der Waals surface area contributed by atoms with Gasteiger partial charge in [0, 0.05) is 0 Å². The van der Waals surface area contributed by atoms with E-state index in [-0.39, 0.29) is 6.61 Å². The fourth-order valence-electron chi connectivity index (χ4n) is 1.20. The van der Waals surface area contributed by atoms with Crippen LogP contribution in [0.25, 0.3) is 0 Å². The topological polar surface area (TPSA) is 45.7 Å². The van der Waals surface area contributed by atoms with Crippen molar-refractivity contribution in [2.24, 2.45) is 4.99 Å². The molecule has 76 valence electrons. The largest absolute Gasteiger partial charge is 0.458 e. The van der Waals surface area contributed by atoms with Crippen molar-refractivity contribution in [1.29, 1.82) is 0 Å². The van der Waals surface area contributed by atoms with Crippen LogP contribution in [-0.4, -0.2) is 11.3 Å². The summed E-state index contributed by atoms with van der Waals surface area (Å²) in [5.74, 6) is 1.19. The Kier molecular flexibility index (Phi) is 2.95. The number of aliphatic imine (C=N–C) groups is 1. The van der Waals surface area contributed by atoms with Crippen LogP contribution in [0.1, 0.15) is 11.5 Å². The van der Waals surface area contributed by atoms with Crippen molar-refractivity contribution in [2.45, 2.75) is 6.61 Å². The molecule has 0 aliphatic heterocycles. The number of hydrogen-bond donors (Lipinski definition) is 1. The average molecular weight is 201 g/mol. The second-order valence-corrected chi connectivity index (χ2v) is 3.06. The zero-order valence-corrected chi connectivity index (χ0v) is 8.13. The van der Waals surface area contributed by atoms with Crippen molar-refractivity contribution in [3.63, 3.8) is 0 Å². The number of aliphatic hydroxyl groups excluding tert-OH is 1. The maximum Gasteiger partial charge on any atom is 0.145 e. The Labute approximate surface area is 87.7 Å². The smallest absolute Gasteiger partial charge is 0.145 e. The highest BCUT2D eigenvalue weighted by molar-refractivity contribution is 5.78. The lowest BCUT2D eigenvalue weighted by Gasteiger charge is -1.90. The van der Waals surface area contributed by atoms with E-state index in [0.29, 0.717) is 11.5 Å². The van der Waals surface area contributed by atoms with Crippen molar-refractivity contribution >= 4 is 11.9 Å². The number of nitrogens with zero attached hydrogens (tertiary/aromatic N) is 1. The molecule has 1 aromatic heterocycles. The second kappa shape index (κ2) is 4.57. The molecule has 2 rings (SSSR count). The summed E-state index contributed by atoms with van der Waals surface area (Å²) in [6.07, 6.45) is 1.63. The molecule has 3 heteroatoms. The molecule has 0 saturated carbocycles. The molecule has 0 aliphatic carbocycles. The van der Waals surface area contributed by atoms with Crippen LogP contribution in [0.5, 0.6) is 0 Å². The van der Waals surface area contributed by atoms with Crippen LogP contribution >= 0.6 is 0 Å². The van der Waals surface area contributed by atoms with Gasteiger partial charge in [-0.1, -0.05) is 18.2 Å². The van der Waals surface area contributed by atoms with Gasteiger partial charge < -0.3 is 9.52 Å². The van der Waals surface area contributed by atoms with Crippen LogP contribution < -0.4 is 0 Å². The highest BCUT2D eigenvalue weighted by atomic mass is 16.4. The highest BCUT2D eigenvalue weighted by Crippen LogP contribution is 2.11. The molecule has 0 atom stereocenters. The summed E-state index contributed by atoms with van der Waals surface area (Å²) in [4.78, 5) is 4.22. The average Bonchev–Trinajstić information content (AvgIpc) is 2.76. The summed E-state index contributed by atoms with van der Waals surface area (Å²) in [7, 11) is 0. The van der Waals surface area contributed by atoms with Crippen LogP contribution in [0.3, 0.4) is 0 Å². The minimum Gasteiger partial charge on any atom is -0.458 e. The third-order valence-electron chi connectivity index (χ3n) is 1.94. The molecule has 0 radical (unpaired) electrons. The Bertz CT molecular complexity index is 446. The summed E-state index contributed by atoms with van der Waals surface area (Å²) in [5.41, 5.74) is 0.874. The van der Waals surface area contributed by atoms with E-state index in [1.165, 1.54) is 0 Å². The lowest BCUT2D eigenvalue weighted by molar-refractivity contribution is 0.247. The maximum absolute atomic E-state index is 8.80. The van der Waals surface area contributed by atoms with Gasteiger partial charge in [0.1, 0.15) is 18.1 Å². The number of furan rings is 1. The van der Waals surface area contributed by atoms with Gasteiger partial charge >= 0.3 is 0 Å². The number of benzene rings is 1. The molecule has 0 aliphatic rings. The number of aliphatic hydroxyl groups is 1. The summed E-state index contributed by atoms with van der Waals surface area (Å²) in [6.45, 7) is -0.0841. The van der Waals surface area contributed by atoms with E-state index in [4.69, 9.17) is 9.52 Å². The van der Waals surface area contributed by atoms with E-state index < -0.39 is 0 Å². The molecule has 0 spiro atoms. The zero-order valence-electron chi connectivity index (χ0n) is 8.13. The van der Waals surface area contributed by atoms with Gasteiger partial charge in [-0.15, -0.1) is 0 Å². The van der Waals surface area contributed by atoms with Crippen molar-refractivity contribution in [3.05, 3.63) is 54.0 Å². The molecule has 0 unspecified atom stereocenters. The van der Waals surface area contributed by atoms with Crippen LogP contribution in [0.2, 0.25) is 0 Å². The van der Waals surface area contributed by atoms with E-state index in [1.54, 1.807) is 18.3 Å². The van der Waals surface area contributed by atoms with Crippen LogP contribution in [0.15, 0.2) is 51.9 Å². The van der Waals surface area contributed by atoms with Crippen molar-refractivity contribution < 1.29 is 9.52 Å². The number of para-hydroxylation sites is 1. The summed E-state index contributed by atoms with van der Waals surface area (Å²) >= 11 is 0. The molecule has 2 aromatic rings. The molecule has 0 amide bonds. The first-order valence-corrected chi connectivity index (χ1v) is 4.67. The van der Waals surface area contributed by atoms with Gasteiger partial charge in [0.25, 0.3) is 0 Å². The van der Waals surface area contributed by atoms with Gasteiger partial charge in [0.05, 0.1) is 11.9 Å². The first-order valence-electron chi connectivity index (χ1n) is 4.67. The molecule has 1 aromatic carbocycles. The first kappa shape index (κ1) is 9.68. The maximum atomic E-state index is 8.80. The fourth-order valence-corrected chi connectivity index (χ4v) is 1.20. The molecular weight excluding hydrogens is 190 g/mol. The van der Waals surface area contributed by atoms with Gasteiger partial charge in [0.15, 0.2) is 0 Å². The molecule has 15 heavy (non-hydrogen) atoms. The van der Waals surface area contributed by atoms with Gasteiger partial charge in [-0.3, -0.25) is 4.99 Å². The van der Waals surface area contributed by atoms with Crippen LogP contribution in [0, 0.1) is 0 Å².